The summed E-state index contributed by atoms with van der Waals surface area (Å²) in [5.74, 6) is 0.704. The number of hydrogen-bond donors (Lipinski definition) is 1. The van der Waals surface area contributed by atoms with E-state index >= 15 is 0 Å². The SMILES string of the molecule is CCC(=O)N1CCc2c(c(C(=O)NC3C4(C)CCC(C4)C3(C)C)nn2Cc2ccccc2)C1. The molecule has 176 valence electrons. The third kappa shape index (κ3) is 3.68. The third-order valence-corrected chi connectivity index (χ3v) is 8.72. The highest BCUT2D eigenvalue weighted by atomic mass is 16.2. The Bertz CT molecular complexity index is 1070. The van der Waals surface area contributed by atoms with E-state index in [9.17, 15) is 9.59 Å². The molecule has 0 spiro atoms. The van der Waals surface area contributed by atoms with E-state index in [-0.39, 0.29) is 28.7 Å². The maximum atomic E-state index is 13.7. The summed E-state index contributed by atoms with van der Waals surface area (Å²) in [6.07, 6.45) is 4.81. The Morgan fingerprint density at radius 2 is 1.94 bits per heavy atom. The first-order chi connectivity index (χ1) is 15.7. The molecule has 2 aliphatic carbocycles. The Labute approximate surface area is 196 Å². The van der Waals surface area contributed by atoms with Crippen molar-refractivity contribution in [1.82, 2.24) is 20.0 Å². The van der Waals surface area contributed by atoms with Gasteiger partial charge in [0.2, 0.25) is 5.91 Å². The second-order valence-electron chi connectivity index (χ2n) is 11.2. The Hall–Kier alpha value is -2.63. The van der Waals surface area contributed by atoms with Gasteiger partial charge in [-0.2, -0.15) is 5.10 Å². The molecule has 6 nitrogen and oxygen atoms in total. The predicted molar refractivity (Wildman–Crippen MR) is 128 cm³/mol. The largest absolute Gasteiger partial charge is 0.347 e. The molecular weight excluding hydrogens is 412 g/mol. The highest BCUT2D eigenvalue weighted by Gasteiger charge is 2.59. The highest BCUT2D eigenvalue weighted by Crippen LogP contribution is 2.62. The molecule has 2 fully saturated rings. The van der Waals surface area contributed by atoms with E-state index in [1.165, 1.54) is 19.3 Å². The minimum absolute atomic E-state index is 0.0829. The monoisotopic (exact) mass is 448 g/mol. The van der Waals surface area contributed by atoms with Crippen LogP contribution in [0.15, 0.2) is 30.3 Å². The molecule has 0 radical (unpaired) electrons. The maximum Gasteiger partial charge on any atom is 0.272 e. The molecule has 6 heteroatoms. The first-order valence-corrected chi connectivity index (χ1v) is 12.4. The lowest BCUT2D eigenvalue weighted by Gasteiger charge is -2.43. The smallest absolute Gasteiger partial charge is 0.272 e. The lowest BCUT2D eigenvalue weighted by atomic mass is 9.68. The van der Waals surface area contributed by atoms with Crippen LogP contribution in [-0.4, -0.2) is 39.1 Å². The van der Waals surface area contributed by atoms with Crippen LogP contribution in [0.2, 0.25) is 0 Å². The Morgan fingerprint density at radius 3 is 2.61 bits per heavy atom. The minimum atomic E-state index is -0.0873. The number of carbonyl (C=O) groups excluding carboxylic acids is 2. The normalized spacial score (nSPS) is 27.5. The fourth-order valence-corrected chi connectivity index (χ4v) is 6.86. The van der Waals surface area contributed by atoms with Crippen LogP contribution in [0.25, 0.3) is 0 Å². The third-order valence-electron chi connectivity index (χ3n) is 8.72. The molecule has 5 rings (SSSR count). The van der Waals surface area contributed by atoms with E-state index in [4.69, 9.17) is 5.10 Å². The zero-order chi connectivity index (χ0) is 23.4. The number of carbonyl (C=O) groups is 2. The van der Waals surface area contributed by atoms with Crippen LogP contribution in [0, 0.1) is 16.7 Å². The van der Waals surface area contributed by atoms with Gasteiger partial charge in [-0.1, -0.05) is 58.0 Å². The molecule has 2 bridgehead atoms. The summed E-state index contributed by atoms with van der Waals surface area (Å²) in [6, 6.07) is 10.4. The fraction of sp³-hybridized carbons (Fsp3) is 0.593. The lowest BCUT2D eigenvalue weighted by Crippen LogP contribution is -2.52. The van der Waals surface area contributed by atoms with Crippen LogP contribution in [0.1, 0.15) is 80.7 Å². The van der Waals surface area contributed by atoms with Gasteiger partial charge in [-0.15, -0.1) is 0 Å². The summed E-state index contributed by atoms with van der Waals surface area (Å²) in [4.78, 5) is 28.0. The van der Waals surface area contributed by atoms with E-state index in [1.54, 1.807) is 0 Å². The fourth-order valence-electron chi connectivity index (χ4n) is 6.86. The minimum Gasteiger partial charge on any atom is -0.347 e. The Morgan fingerprint density at radius 1 is 1.18 bits per heavy atom. The van der Waals surface area contributed by atoms with Gasteiger partial charge in [-0.3, -0.25) is 14.3 Å². The molecule has 2 heterocycles. The first kappa shape index (κ1) is 22.2. The van der Waals surface area contributed by atoms with Gasteiger partial charge in [-0.25, -0.2) is 0 Å². The zero-order valence-corrected chi connectivity index (χ0v) is 20.4. The summed E-state index contributed by atoms with van der Waals surface area (Å²) in [6.45, 7) is 10.6. The van der Waals surface area contributed by atoms with E-state index in [0.29, 0.717) is 37.7 Å². The summed E-state index contributed by atoms with van der Waals surface area (Å²) < 4.78 is 1.99. The van der Waals surface area contributed by atoms with Crippen molar-refractivity contribution in [2.24, 2.45) is 16.7 Å². The van der Waals surface area contributed by atoms with Crippen molar-refractivity contribution in [1.29, 1.82) is 0 Å². The molecule has 2 saturated carbocycles. The zero-order valence-electron chi connectivity index (χ0n) is 20.4. The molecular formula is C27H36N4O2. The van der Waals surface area contributed by atoms with Crippen molar-refractivity contribution in [2.45, 2.75) is 78.9 Å². The summed E-state index contributed by atoms with van der Waals surface area (Å²) >= 11 is 0. The predicted octanol–water partition coefficient (Wildman–Crippen LogP) is 4.17. The molecule has 0 saturated heterocycles. The standard InChI is InChI=1S/C27H36N4O2/c1-5-22(32)30-14-12-21-20(17-30)23(29-31(21)16-18-9-7-6-8-10-18)24(33)28-25-26(2,3)19-11-13-27(25,4)15-19/h6-10,19,25H,5,11-17H2,1-4H3,(H,28,33). The highest BCUT2D eigenvalue weighted by molar-refractivity contribution is 5.94. The molecule has 3 unspecified atom stereocenters. The van der Waals surface area contributed by atoms with Crippen LogP contribution < -0.4 is 5.32 Å². The topological polar surface area (TPSA) is 67.2 Å². The van der Waals surface area contributed by atoms with Gasteiger partial charge in [0.05, 0.1) is 6.54 Å². The number of benzene rings is 1. The number of amides is 2. The van der Waals surface area contributed by atoms with Gasteiger partial charge >= 0.3 is 0 Å². The second kappa shape index (κ2) is 8.00. The quantitative estimate of drug-likeness (QED) is 0.747. The van der Waals surface area contributed by atoms with E-state index in [0.717, 1.165) is 23.2 Å². The lowest BCUT2D eigenvalue weighted by molar-refractivity contribution is -0.131. The number of fused-ring (bicyclic) bond motifs is 3. The maximum absolute atomic E-state index is 13.7. The average molecular weight is 449 g/mol. The molecule has 1 aromatic heterocycles. The van der Waals surface area contributed by atoms with Crippen molar-refractivity contribution in [3.05, 3.63) is 52.8 Å². The summed E-state index contributed by atoms with van der Waals surface area (Å²) in [5, 5.41) is 8.27. The van der Waals surface area contributed by atoms with Crippen molar-refractivity contribution in [2.75, 3.05) is 6.54 Å². The Kier molecular flexibility index (Phi) is 5.37. The first-order valence-electron chi connectivity index (χ1n) is 12.4. The molecule has 1 aliphatic heterocycles. The summed E-state index contributed by atoms with van der Waals surface area (Å²) in [5.41, 5.74) is 3.89. The molecule has 3 aliphatic rings. The number of hydrogen-bond acceptors (Lipinski definition) is 3. The molecule has 2 amide bonds. The molecule has 3 atom stereocenters. The number of nitrogens with zero attached hydrogens (tertiary/aromatic N) is 3. The van der Waals surface area contributed by atoms with E-state index in [2.05, 4.69) is 38.2 Å². The van der Waals surface area contributed by atoms with E-state index < -0.39 is 0 Å². The Balaban J connectivity index is 1.47. The van der Waals surface area contributed by atoms with Gasteiger partial charge in [-0.05, 0) is 41.6 Å². The van der Waals surface area contributed by atoms with E-state index in [1.807, 2.05) is 34.7 Å². The summed E-state index contributed by atoms with van der Waals surface area (Å²) in [7, 11) is 0. The van der Waals surface area contributed by atoms with Crippen molar-refractivity contribution < 1.29 is 9.59 Å². The van der Waals surface area contributed by atoms with Crippen LogP contribution in [0.5, 0.6) is 0 Å². The van der Waals surface area contributed by atoms with Gasteiger partial charge in [0, 0.05) is 43.2 Å². The van der Waals surface area contributed by atoms with Crippen molar-refractivity contribution in [3.8, 4) is 0 Å². The van der Waals surface area contributed by atoms with Crippen LogP contribution in [-0.2, 0) is 24.3 Å². The van der Waals surface area contributed by atoms with Crippen LogP contribution in [0.4, 0.5) is 0 Å². The van der Waals surface area contributed by atoms with Crippen molar-refractivity contribution >= 4 is 11.8 Å². The van der Waals surface area contributed by atoms with Gasteiger partial charge < -0.3 is 10.2 Å². The number of nitrogens with one attached hydrogen (secondary N) is 1. The molecule has 1 aromatic carbocycles. The van der Waals surface area contributed by atoms with Crippen molar-refractivity contribution in [3.63, 3.8) is 0 Å². The van der Waals surface area contributed by atoms with Crippen LogP contribution >= 0.6 is 0 Å². The van der Waals surface area contributed by atoms with Crippen LogP contribution in [0.3, 0.4) is 0 Å². The second-order valence-corrected chi connectivity index (χ2v) is 11.2. The molecule has 1 N–H and O–H groups in total. The van der Waals surface area contributed by atoms with Gasteiger partial charge in [0.1, 0.15) is 0 Å². The number of rotatable bonds is 5. The van der Waals surface area contributed by atoms with Gasteiger partial charge in [0.25, 0.3) is 5.91 Å². The molecule has 33 heavy (non-hydrogen) atoms. The number of aromatic nitrogens is 2. The van der Waals surface area contributed by atoms with Gasteiger partial charge in [0.15, 0.2) is 5.69 Å². The molecule has 2 aromatic rings. The average Bonchev–Trinajstić information content (AvgIpc) is 3.43.